The van der Waals surface area contributed by atoms with Crippen LogP contribution in [0.2, 0.25) is 0 Å². The lowest BCUT2D eigenvalue weighted by atomic mass is 10.0. The van der Waals surface area contributed by atoms with Gasteiger partial charge in [0.15, 0.2) is 6.17 Å². The maximum absolute atomic E-state index is 13.3. The van der Waals surface area contributed by atoms with Crippen molar-refractivity contribution in [2.45, 2.75) is 12.2 Å². The first-order valence-corrected chi connectivity index (χ1v) is 3.90. The molecule has 0 radical (unpaired) electrons. The third-order valence-electron chi connectivity index (χ3n) is 1.77. The van der Waals surface area contributed by atoms with Gasteiger partial charge in [-0.1, -0.05) is 12.1 Å². The van der Waals surface area contributed by atoms with Crippen LogP contribution in [0.3, 0.4) is 0 Å². The van der Waals surface area contributed by atoms with Gasteiger partial charge < -0.3 is 10.8 Å². The Labute approximate surface area is 79.2 Å². The van der Waals surface area contributed by atoms with Gasteiger partial charge in [-0.05, 0) is 17.7 Å². The molecule has 0 heterocycles. The molecule has 14 heavy (non-hydrogen) atoms. The van der Waals surface area contributed by atoms with E-state index in [4.69, 9.17) is 10.8 Å². The zero-order valence-electron chi connectivity index (χ0n) is 7.15. The van der Waals surface area contributed by atoms with E-state index in [1.165, 1.54) is 12.1 Å². The lowest BCUT2D eigenvalue weighted by Gasteiger charge is -2.12. The molecule has 3 N–H and O–H groups in total. The van der Waals surface area contributed by atoms with E-state index in [1.807, 2.05) is 0 Å². The van der Waals surface area contributed by atoms with Crippen LogP contribution in [0.4, 0.5) is 8.78 Å². The number of hydrogen-bond donors (Lipinski definition) is 2. The van der Waals surface area contributed by atoms with E-state index in [9.17, 15) is 13.6 Å². The van der Waals surface area contributed by atoms with Gasteiger partial charge in [0.05, 0.1) is 0 Å². The SMILES string of the molecule is NC(C(=O)O)C(F)c1cccc(F)c1. The average Bonchev–Trinajstić information content (AvgIpc) is 2.15. The second-order valence-electron chi connectivity index (χ2n) is 2.82. The minimum absolute atomic E-state index is 0.0695. The third-order valence-corrected chi connectivity index (χ3v) is 1.77. The Hall–Kier alpha value is -1.49. The highest BCUT2D eigenvalue weighted by Crippen LogP contribution is 2.20. The van der Waals surface area contributed by atoms with E-state index in [1.54, 1.807) is 0 Å². The Kier molecular flexibility index (Phi) is 3.14. The Morgan fingerprint density at radius 1 is 1.50 bits per heavy atom. The molecule has 0 saturated heterocycles. The van der Waals surface area contributed by atoms with E-state index in [0.29, 0.717) is 0 Å². The van der Waals surface area contributed by atoms with E-state index in [0.717, 1.165) is 12.1 Å². The summed E-state index contributed by atoms with van der Waals surface area (Å²) < 4.78 is 25.9. The first-order valence-electron chi connectivity index (χ1n) is 3.90. The molecular formula is C9H9F2NO2. The van der Waals surface area contributed by atoms with Crippen LogP contribution in [0, 0.1) is 5.82 Å². The van der Waals surface area contributed by atoms with Crippen LogP contribution < -0.4 is 5.73 Å². The van der Waals surface area contributed by atoms with Crippen molar-refractivity contribution in [1.29, 1.82) is 0 Å². The van der Waals surface area contributed by atoms with Crippen molar-refractivity contribution in [2.75, 3.05) is 0 Å². The molecule has 0 spiro atoms. The van der Waals surface area contributed by atoms with E-state index < -0.39 is 24.0 Å². The third kappa shape index (κ3) is 2.26. The minimum Gasteiger partial charge on any atom is -0.480 e. The zero-order valence-corrected chi connectivity index (χ0v) is 7.15. The van der Waals surface area contributed by atoms with Gasteiger partial charge in [-0.25, -0.2) is 8.78 Å². The molecular weight excluding hydrogens is 192 g/mol. The van der Waals surface area contributed by atoms with Gasteiger partial charge in [0.1, 0.15) is 11.9 Å². The number of halogens is 2. The summed E-state index contributed by atoms with van der Waals surface area (Å²) in [6.07, 6.45) is -1.90. The van der Waals surface area contributed by atoms with Gasteiger partial charge >= 0.3 is 5.97 Å². The molecule has 0 amide bonds. The number of hydrogen-bond acceptors (Lipinski definition) is 2. The lowest BCUT2D eigenvalue weighted by Crippen LogP contribution is -2.34. The molecule has 0 aliphatic rings. The van der Waals surface area contributed by atoms with Gasteiger partial charge in [-0.3, -0.25) is 4.79 Å². The number of alkyl halides is 1. The maximum atomic E-state index is 13.3. The summed E-state index contributed by atoms with van der Waals surface area (Å²) in [7, 11) is 0. The van der Waals surface area contributed by atoms with Crippen molar-refractivity contribution in [3.63, 3.8) is 0 Å². The van der Waals surface area contributed by atoms with Gasteiger partial charge in [0.2, 0.25) is 0 Å². The van der Waals surface area contributed by atoms with E-state index in [2.05, 4.69) is 0 Å². The molecule has 1 rings (SSSR count). The van der Waals surface area contributed by atoms with Crippen molar-refractivity contribution < 1.29 is 18.7 Å². The van der Waals surface area contributed by atoms with Gasteiger partial charge in [-0.15, -0.1) is 0 Å². The zero-order chi connectivity index (χ0) is 10.7. The average molecular weight is 201 g/mol. The summed E-state index contributed by atoms with van der Waals surface area (Å²) in [5.41, 5.74) is 4.98. The monoisotopic (exact) mass is 201 g/mol. The molecule has 0 aliphatic carbocycles. The first-order chi connectivity index (χ1) is 6.52. The first kappa shape index (κ1) is 10.6. The Morgan fingerprint density at radius 3 is 2.64 bits per heavy atom. The number of aliphatic carboxylic acids is 1. The largest absolute Gasteiger partial charge is 0.480 e. The van der Waals surface area contributed by atoms with Crippen LogP contribution in [0.15, 0.2) is 24.3 Å². The molecule has 0 saturated carbocycles. The molecule has 0 fully saturated rings. The summed E-state index contributed by atoms with van der Waals surface area (Å²) in [5.74, 6) is -2.08. The van der Waals surface area contributed by atoms with Gasteiger partial charge in [-0.2, -0.15) is 0 Å². The smallest absolute Gasteiger partial charge is 0.323 e. The number of carboxylic acids is 1. The fourth-order valence-corrected chi connectivity index (χ4v) is 1.01. The quantitative estimate of drug-likeness (QED) is 0.773. The summed E-state index contributed by atoms with van der Waals surface area (Å²) in [6.45, 7) is 0. The van der Waals surface area contributed by atoms with Crippen LogP contribution >= 0.6 is 0 Å². The molecule has 2 atom stereocenters. The molecule has 5 heteroatoms. The number of nitrogens with two attached hydrogens (primary N) is 1. The van der Waals surface area contributed by atoms with Crippen LogP contribution in [-0.4, -0.2) is 17.1 Å². The molecule has 0 aromatic heterocycles. The Balaban J connectivity index is 2.89. The molecule has 3 nitrogen and oxygen atoms in total. The fraction of sp³-hybridized carbons (Fsp3) is 0.222. The van der Waals surface area contributed by atoms with Crippen molar-refractivity contribution in [3.8, 4) is 0 Å². The van der Waals surface area contributed by atoms with Crippen LogP contribution in [0.25, 0.3) is 0 Å². The summed E-state index contributed by atoms with van der Waals surface area (Å²) in [6, 6.07) is 2.98. The highest BCUT2D eigenvalue weighted by Gasteiger charge is 2.25. The molecule has 2 unspecified atom stereocenters. The lowest BCUT2D eigenvalue weighted by molar-refractivity contribution is -0.140. The van der Waals surface area contributed by atoms with Crippen molar-refractivity contribution in [1.82, 2.24) is 0 Å². The normalized spacial score (nSPS) is 14.8. The number of rotatable bonds is 3. The molecule has 1 aromatic carbocycles. The summed E-state index contributed by atoms with van der Waals surface area (Å²) >= 11 is 0. The fourth-order valence-electron chi connectivity index (χ4n) is 1.01. The van der Waals surface area contributed by atoms with Crippen LogP contribution in [0.5, 0.6) is 0 Å². The molecule has 1 aromatic rings. The topological polar surface area (TPSA) is 63.3 Å². The highest BCUT2D eigenvalue weighted by atomic mass is 19.1. The molecule has 0 bridgehead atoms. The molecule has 0 aliphatic heterocycles. The predicted octanol–water partition coefficient (Wildman–Crippen LogP) is 1.25. The number of carbonyl (C=O) groups is 1. The second-order valence-corrected chi connectivity index (χ2v) is 2.82. The molecule has 76 valence electrons. The van der Waals surface area contributed by atoms with Crippen molar-refractivity contribution in [3.05, 3.63) is 35.6 Å². The van der Waals surface area contributed by atoms with Gasteiger partial charge in [0.25, 0.3) is 0 Å². The van der Waals surface area contributed by atoms with E-state index in [-0.39, 0.29) is 5.56 Å². The summed E-state index contributed by atoms with van der Waals surface area (Å²) in [5, 5.41) is 8.42. The highest BCUT2D eigenvalue weighted by molar-refractivity contribution is 5.74. The summed E-state index contributed by atoms with van der Waals surface area (Å²) in [4.78, 5) is 10.3. The predicted molar refractivity (Wildman–Crippen MR) is 45.9 cm³/mol. The van der Waals surface area contributed by atoms with Crippen LogP contribution in [-0.2, 0) is 4.79 Å². The number of carboxylic acid groups (broad SMARTS) is 1. The Bertz CT molecular complexity index is 343. The van der Waals surface area contributed by atoms with Crippen molar-refractivity contribution in [2.24, 2.45) is 5.73 Å². The second kappa shape index (κ2) is 4.15. The standard InChI is InChI=1S/C9H9F2NO2/c10-6-3-1-2-5(4-6)7(11)8(12)9(13)14/h1-4,7-8H,12H2,(H,13,14). The van der Waals surface area contributed by atoms with Crippen molar-refractivity contribution >= 4 is 5.97 Å². The Morgan fingerprint density at radius 2 is 2.14 bits per heavy atom. The van der Waals surface area contributed by atoms with E-state index >= 15 is 0 Å². The van der Waals surface area contributed by atoms with Crippen LogP contribution in [0.1, 0.15) is 11.7 Å². The minimum atomic E-state index is -1.90. The van der Waals surface area contributed by atoms with Gasteiger partial charge in [0, 0.05) is 0 Å². The maximum Gasteiger partial charge on any atom is 0.323 e. The number of benzene rings is 1.